The van der Waals surface area contributed by atoms with E-state index in [1.54, 1.807) is 24.3 Å². The second kappa shape index (κ2) is 5.34. The van der Waals surface area contributed by atoms with Crippen LogP contribution < -0.4 is 5.32 Å². The highest BCUT2D eigenvalue weighted by molar-refractivity contribution is 7.13. The van der Waals surface area contributed by atoms with Crippen molar-refractivity contribution in [3.63, 3.8) is 0 Å². The molecule has 0 atom stereocenters. The Balaban J connectivity index is 1.63. The standard InChI is InChI=1S/C14H12N2O3S/c1-9-7-11(16-19-9)14(17)15-8-10-4-5-12(18-10)13-3-2-6-20-13/h2-7H,8H2,1H3,(H,15,17). The van der Waals surface area contributed by atoms with Crippen molar-refractivity contribution in [2.45, 2.75) is 13.5 Å². The monoisotopic (exact) mass is 288 g/mol. The van der Waals surface area contributed by atoms with Gasteiger partial charge in [0.2, 0.25) is 0 Å². The van der Waals surface area contributed by atoms with Gasteiger partial charge in [0.25, 0.3) is 5.91 Å². The molecule has 102 valence electrons. The maximum absolute atomic E-state index is 11.8. The number of aryl methyl sites for hydroxylation is 1. The second-order valence-electron chi connectivity index (χ2n) is 4.25. The number of hydrogen-bond acceptors (Lipinski definition) is 5. The van der Waals surface area contributed by atoms with Crippen molar-refractivity contribution in [3.8, 4) is 10.6 Å². The molecule has 5 nitrogen and oxygen atoms in total. The third kappa shape index (κ3) is 2.65. The molecule has 0 aliphatic heterocycles. The Morgan fingerprint density at radius 3 is 3.00 bits per heavy atom. The molecule has 0 fully saturated rings. The van der Waals surface area contributed by atoms with Gasteiger partial charge in [-0.1, -0.05) is 11.2 Å². The van der Waals surface area contributed by atoms with Crippen LogP contribution >= 0.6 is 11.3 Å². The van der Waals surface area contributed by atoms with E-state index in [0.29, 0.717) is 18.1 Å². The molecule has 1 amide bonds. The lowest BCUT2D eigenvalue weighted by molar-refractivity contribution is 0.0939. The summed E-state index contributed by atoms with van der Waals surface area (Å²) in [6.45, 7) is 2.06. The van der Waals surface area contributed by atoms with Crippen LogP contribution in [0.15, 0.2) is 44.7 Å². The fourth-order valence-corrected chi connectivity index (χ4v) is 2.44. The molecule has 0 aliphatic rings. The van der Waals surface area contributed by atoms with Crippen LogP contribution in [-0.4, -0.2) is 11.1 Å². The lowest BCUT2D eigenvalue weighted by Crippen LogP contribution is -2.22. The fourth-order valence-electron chi connectivity index (χ4n) is 1.76. The maximum atomic E-state index is 11.8. The number of nitrogens with one attached hydrogen (secondary N) is 1. The smallest absolute Gasteiger partial charge is 0.273 e. The molecule has 0 unspecified atom stereocenters. The molecule has 0 saturated heterocycles. The van der Waals surface area contributed by atoms with E-state index in [-0.39, 0.29) is 11.6 Å². The molecule has 0 saturated carbocycles. The lowest BCUT2D eigenvalue weighted by Gasteiger charge is -1.99. The highest BCUT2D eigenvalue weighted by atomic mass is 32.1. The summed E-state index contributed by atoms with van der Waals surface area (Å²) >= 11 is 1.61. The van der Waals surface area contributed by atoms with Crippen molar-refractivity contribution in [3.05, 3.63) is 52.9 Å². The summed E-state index contributed by atoms with van der Waals surface area (Å²) in [6.07, 6.45) is 0. The maximum Gasteiger partial charge on any atom is 0.273 e. The van der Waals surface area contributed by atoms with E-state index in [0.717, 1.165) is 10.6 Å². The van der Waals surface area contributed by atoms with Crippen LogP contribution in [0, 0.1) is 6.92 Å². The van der Waals surface area contributed by atoms with E-state index in [4.69, 9.17) is 8.94 Å². The van der Waals surface area contributed by atoms with Crippen molar-refractivity contribution in [1.82, 2.24) is 10.5 Å². The third-order valence-corrected chi connectivity index (χ3v) is 3.59. The van der Waals surface area contributed by atoms with Gasteiger partial charge in [-0.05, 0) is 30.5 Å². The largest absolute Gasteiger partial charge is 0.458 e. The van der Waals surface area contributed by atoms with Gasteiger partial charge in [0.05, 0.1) is 11.4 Å². The van der Waals surface area contributed by atoms with Crippen LogP contribution in [0.5, 0.6) is 0 Å². The first kappa shape index (κ1) is 12.7. The van der Waals surface area contributed by atoms with Gasteiger partial charge < -0.3 is 14.3 Å². The third-order valence-electron chi connectivity index (χ3n) is 2.71. The Morgan fingerprint density at radius 1 is 1.40 bits per heavy atom. The number of hydrogen-bond donors (Lipinski definition) is 1. The number of amides is 1. The Hall–Kier alpha value is -2.34. The molecule has 3 heterocycles. The average Bonchev–Trinajstić information content (AvgIpc) is 3.16. The van der Waals surface area contributed by atoms with Crippen LogP contribution in [0.3, 0.4) is 0 Å². The lowest BCUT2D eigenvalue weighted by atomic mass is 10.3. The number of nitrogens with zero attached hydrogens (tertiary/aromatic N) is 1. The van der Waals surface area contributed by atoms with Gasteiger partial charge in [0.1, 0.15) is 17.3 Å². The van der Waals surface area contributed by atoms with E-state index < -0.39 is 0 Å². The molecule has 3 rings (SSSR count). The van der Waals surface area contributed by atoms with Crippen LogP contribution in [-0.2, 0) is 6.54 Å². The molecule has 0 aromatic carbocycles. The summed E-state index contributed by atoms with van der Waals surface area (Å²) in [5.41, 5.74) is 0.271. The zero-order chi connectivity index (χ0) is 13.9. The van der Waals surface area contributed by atoms with Gasteiger partial charge in [-0.2, -0.15) is 0 Å². The highest BCUT2D eigenvalue weighted by Crippen LogP contribution is 2.26. The van der Waals surface area contributed by atoms with Crippen LogP contribution in [0.25, 0.3) is 10.6 Å². The molecule has 20 heavy (non-hydrogen) atoms. The first-order valence-corrected chi connectivity index (χ1v) is 6.94. The molecular weight excluding hydrogens is 276 g/mol. The van der Waals surface area contributed by atoms with Crippen molar-refractivity contribution in [2.24, 2.45) is 0 Å². The van der Waals surface area contributed by atoms with E-state index in [9.17, 15) is 4.79 Å². The average molecular weight is 288 g/mol. The van der Waals surface area contributed by atoms with E-state index in [2.05, 4.69) is 10.5 Å². The van der Waals surface area contributed by atoms with Gasteiger partial charge >= 0.3 is 0 Å². The van der Waals surface area contributed by atoms with Crippen molar-refractivity contribution < 1.29 is 13.7 Å². The highest BCUT2D eigenvalue weighted by Gasteiger charge is 2.12. The minimum absolute atomic E-state index is 0.271. The second-order valence-corrected chi connectivity index (χ2v) is 5.20. The summed E-state index contributed by atoms with van der Waals surface area (Å²) in [6, 6.07) is 9.30. The van der Waals surface area contributed by atoms with Crippen molar-refractivity contribution in [1.29, 1.82) is 0 Å². The summed E-state index contributed by atoms with van der Waals surface area (Å²) in [5.74, 6) is 1.83. The topological polar surface area (TPSA) is 68.3 Å². The molecular formula is C14H12N2O3S. The van der Waals surface area contributed by atoms with Gasteiger partial charge in [0, 0.05) is 6.07 Å². The zero-order valence-electron chi connectivity index (χ0n) is 10.8. The molecule has 0 radical (unpaired) electrons. The number of furan rings is 1. The summed E-state index contributed by atoms with van der Waals surface area (Å²) in [7, 11) is 0. The normalized spacial score (nSPS) is 10.7. The molecule has 3 aromatic heterocycles. The molecule has 1 N–H and O–H groups in total. The number of carbonyl (C=O) groups excluding carboxylic acids is 1. The first-order chi connectivity index (χ1) is 9.72. The number of thiophene rings is 1. The van der Waals surface area contributed by atoms with Gasteiger partial charge in [-0.25, -0.2) is 0 Å². The van der Waals surface area contributed by atoms with Crippen molar-refractivity contribution in [2.75, 3.05) is 0 Å². The predicted octanol–water partition coefficient (Wildman–Crippen LogP) is 3.23. The summed E-state index contributed by atoms with van der Waals surface area (Å²) < 4.78 is 10.5. The quantitative estimate of drug-likeness (QED) is 0.800. The molecule has 3 aromatic rings. The van der Waals surface area contributed by atoms with Gasteiger partial charge in [0.15, 0.2) is 5.69 Å². The molecule has 0 bridgehead atoms. The Morgan fingerprint density at radius 2 is 2.30 bits per heavy atom. The minimum Gasteiger partial charge on any atom is -0.458 e. The van der Waals surface area contributed by atoms with Gasteiger partial charge in [-0.15, -0.1) is 11.3 Å². The molecule has 0 spiro atoms. The Labute approximate surface area is 119 Å². The predicted molar refractivity (Wildman–Crippen MR) is 74.4 cm³/mol. The first-order valence-electron chi connectivity index (χ1n) is 6.06. The van der Waals surface area contributed by atoms with Crippen LogP contribution in [0.2, 0.25) is 0 Å². The number of aromatic nitrogens is 1. The molecule has 0 aliphatic carbocycles. The van der Waals surface area contributed by atoms with Crippen molar-refractivity contribution >= 4 is 17.2 Å². The number of carbonyl (C=O) groups is 1. The van der Waals surface area contributed by atoms with Gasteiger partial charge in [-0.3, -0.25) is 4.79 Å². The Bertz CT molecular complexity index is 712. The number of rotatable bonds is 4. The summed E-state index contributed by atoms with van der Waals surface area (Å²) in [5, 5.41) is 8.39. The Kier molecular flexibility index (Phi) is 3.39. The fraction of sp³-hybridized carbons (Fsp3) is 0.143. The van der Waals surface area contributed by atoms with E-state index in [1.165, 1.54) is 0 Å². The van der Waals surface area contributed by atoms with E-state index in [1.807, 2.05) is 29.6 Å². The molecule has 6 heteroatoms. The van der Waals surface area contributed by atoms with Crippen LogP contribution in [0.4, 0.5) is 0 Å². The van der Waals surface area contributed by atoms with E-state index >= 15 is 0 Å². The SMILES string of the molecule is Cc1cc(C(=O)NCc2ccc(-c3cccs3)o2)no1. The minimum atomic E-state index is -0.282. The zero-order valence-corrected chi connectivity index (χ0v) is 11.6. The summed E-state index contributed by atoms with van der Waals surface area (Å²) in [4.78, 5) is 12.9. The van der Waals surface area contributed by atoms with Crippen LogP contribution in [0.1, 0.15) is 22.0 Å².